The summed E-state index contributed by atoms with van der Waals surface area (Å²) in [4.78, 5) is 2.52. The van der Waals surface area contributed by atoms with Crippen molar-refractivity contribution in [3.63, 3.8) is 0 Å². The van der Waals surface area contributed by atoms with Gasteiger partial charge in [0, 0.05) is 35.3 Å². The van der Waals surface area contributed by atoms with Gasteiger partial charge in [0.25, 0.3) is 0 Å². The van der Waals surface area contributed by atoms with E-state index in [-0.39, 0.29) is 0 Å². The summed E-state index contributed by atoms with van der Waals surface area (Å²) in [6.45, 7) is 6.74. The molecule has 1 aliphatic heterocycles. The first-order chi connectivity index (χ1) is 8.20. The van der Waals surface area contributed by atoms with Gasteiger partial charge in [-0.3, -0.25) is 0 Å². The lowest BCUT2D eigenvalue weighted by Gasteiger charge is -2.40. The Hall–Kier alpha value is -0.540. The molecule has 2 nitrogen and oxygen atoms in total. The predicted octanol–water partition coefficient (Wildman–Crippen LogP) is 3.42. The lowest BCUT2D eigenvalue weighted by atomic mass is 10.1. The van der Waals surface area contributed by atoms with Gasteiger partial charge in [0.15, 0.2) is 0 Å². The number of rotatable bonds is 3. The van der Waals surface area contributed by atoms with Crippen LogP contribution in [0.5, 0.6) is 0 Å². The molecule has 0 radical (unpaired) electrons. The Morgan fingerprint density at radius 2 is 2.29 bits per heavy atom. The quantitative estimate of drug-likeness (QED) is 0.919. The Balaban J connectivity index is 2.12. The van der Waals surface area contributed by atoms with Crippen LogP contribution in [-0.4, -0.2) is 25.2 Å². The molecule has 0 aromatic heterocycles. The Kier molecular flexibility index (Phi) is 4.46. The molecule has 1 saturated heterocycles. The highest BCUT2D eigenvalue weighted by molar-refractivity contribution is 9.10. The summed E-state index contributed by atoms with van der Waals surface area (Å²) in [7, 11) is 0. The van der Waals surface area contributed by atoms with Crippen LogP contribution in [0.25, 0.3) is 0 Å². The molecule has 2 unspecified atom stereocenters. The number of halogens is 1. The molecule has 0 saturated carbocycles. The average molecular weight is 297 g/mol. The summed E-state index contributed by atoms with van der Waals surface area (Å²) < 4.78 is 1.16. The van der Waals surface area contributed by atoms with E-state index in [0.717, 1.165) is 17.6 Å². The highest BCUT2D eigenvalue weighted by atomic mass is 79.9. The zero-order chi connectivity index (χ0) is 12.3. The number of piperazine rings is 1. The molecule has 2 atom stereocenters. The van der Waals surface area contributed by atoms with Crippen LogP contribution >= 0.6 is 15.9 Å². The smallest absolute Gasteiger partial charge is 0.0387 e. The Morgan fingerprint density at radius 3 is 3.00 bits per heavy atom. The van der Waals surface area contributed by atoms with Gasteiger partial charge < -0.3 is 10.2 Å². The van der Waals surface area contributed by atoms with Crippen LogP contribution in [-0.2, 0) is 0 Å². The minimum Gasteiger partial charge on any atom is -0.366 e. The van der Waals surface area contributed by atoms with E-state index in [2.05, 4.69) is 64.3 Å². The molecule has 0 amide bonds. The normalized spacial score (nSPS) is 25.0. The molecule has 17 heavy (non-hydrogen) atoms. The summed E-state index contributed by atoms with van der Waals surface area (Å²) in [5.41, 5.74) is 1.33. The number of anilines is 1. The molecule has 1 N–H and O–H groups in total. The van der Waals surface area contributed by atoms with Crippen molar-refractivity contribution in [1.29, 1.82) is 0 Å². The van der Waals surface area contributed by atoms with Crippen molar-refractivity contribution in [3.8, 4) is 0 Å². The summed E-state index contributed by atoms with van der Waals surface area (Å²) in [6.07, 6.45) is 2.51. The molecule has 0 spiro atoms. The number of nitrogens with zero attached hydrogens (tertiary/aromatic N) is 1. The Bertz CT molecular complexity index is 367. The SMILES string of the molecule is CCCC1CN(c2cccc(Br)c2)C(C)CN1. The first-order valence-corrected chi connectivity index (χ1v) is 7.25. The largest absolute Gasteiger partial charge is 0.366 e. The third kappa shape index (κ3) is 3.23. The van der Waals surface area contributed by atoms with Gasteiger partial charge in [-0.05, 0) is 31.5 Å². The van der Waals surface area contributed by atoms with E-state index >= 15 is 0 Å². The van der Waals surface area contributed by atoms with Gasteiger partial charge in [-0.15, -0.1) is 0 Å². The van der Waals surface area contributed by atoms with Crippen LogP contribution in [0.3, 0.4) is 0 Å². The molecular weight excluding hydrogens is 276 g/mol. The van der Waals surface area contributed by atoms with Gasteiger partial charge in [-0.2, -0.15) is 0 Å². The number of nitrogens with one attached hydrogen (secondary N) is 1. The van der Waals surface area contributed by atoms with E-state index < -0.39 is 0 Å². The standard InChI is InChI=1S/C14H21BrN2/c1-3-5-13-10-17(11(2)9-16-13)14-7-4-6-12(15)8-14/h4,6-8,11,13,16H,3,5,9-10H2,1-2H3. The number of hydrogen-bond donors (Lipinski definition) is 1. The van der Waals surface area contributed by atoms with Crippen molar-refractivity contribution in [3.05, 3.63) is 28.7 Å². The molecule has 1 aromatic carbocycles. The summed E-state index contributed by atoms with van der Waals surface area (Å²) in [6, 6.07) is 9.82. The van der Waals surface area contributed by atoms with Gasteiger partial charge in [-0.1, -0.05) is 35.3 Å². The fraction of sp³-hybridized carbons (Fsp3) is 0.571. The lowest BCUT2D eigenvalue weighted by Crippen LogP contribution is -2.55. The van der Waals surface area contributed by atoms with Gasteiger partial charge >= 0.3 is 0 Å². The highest BCUT2D eigenvalue weighted by Crippen LogP contribution is 2.24. The maximum Gasteiger partial charge on any atom is 0.0387 e. The first-order valence-electron chi connectivity index (χ1n) is 6.46. The molecule has 1 fully saturated rings. The topological polar surface area (TPSA) is 15.3 Å². The average Bonchev–Trinajstić information content (AvgIpc) is 2.32. The van der Waals surface area contributed by atoms with Crippen LogP contribution in [0, 0.1) is 0 Å². The summed E-state index contributed by atoms with van der Waals surface area (Å²) >= 11 is 3.55. The second-order valence-corrected chi connectivity index (χ2v) is 5.79. The molecule has 2 rings (SSSR count). The van der Waals surface area contributed by atoms with Gasteiger partial charge in [-0.25, -0.2) is 0 Å². The van der Waals surface area contributed by atoms with Crippen LogP contribution in [0.4, 0.5) is 5.69 Å². The monoisotopic (exact) mass is 296 g/mol. The van der Waals surface area contributed by atoms with Crippen molar-refractivity contribution in [1.82, 2.24) is 5.32 Å². The Morgan fingerprint density at radius 1 is 1.47 bits per heavy atom. The van der Waals surface area contributed by atoms with Crippen molar-refractivity contribution >= 4 is 21.6 Å². The molecule has 0 aliphatic carbocycles. The lowest BCUT2D eigenvalue weighted by molar-refractivity contribution is 0.386. The van der Waals surface area contributed by atoms with Crippen LogP contribution in [0.15, 0.2) is 28.7 Å². The van der Waals surface area contributed by atoms with E-state index in [9.17, 15) is 0 Å². The van der Waals surface area contributed by atoms with Gasteiger partial charge in [0.2, 0.25) is 0 Å². The molecule has 1 aliphatic rings. The summed E-state index contributed by atoms with van der Waals surface area (Å²) in [5, 5.41) is 3.63. The van der Waals surface area contributed by atoms with Gasteiger partial charge in [0.1, 0.15) is 0 Å². The van der Waals surface area contributed by atoms with Crippen molar-refractivity contribution in [2.45, 2.75) is 38.8 Å². The van der Waals surface area contributed by atoms with E-state index in [1.807, 2.05) is 0 Å². The molecule has 94 valence electrons. The third-order valence-electron chi connectivity index (χ3n) is 3.43. The van der Waals surface area contributed by atoms with Crippen molar-refractivity contribution in [2.75, 3.05) is 18.0 Å². The summed E-state index contributed by atoms with van der Waals surface area (Å²) in [5.74, 6) is 0. The second-order valence-electron chi connectivity index (χ2n) is 4.88. The zero-order valence-corrected chi connectivity index (χ0v) is 12.2. The van der Waals surface area contributed by atoms with E-state index in [1.54, 1.807) is 0 Å². The molecule has 3 heteroatoms. The van der Waals surface area contributed by atoms with E-state index in [4.69, 9.17) is 0 Å². The van der Waals surface area contributed by atoms with Gasteiger partial charge in [0.05, 0.1) is 0 Å². The Labute approximate surface area is 113 Å². The maximum absolute atomic E-state index is 3.63. The molecule has 1 heterocycles. The molecule has 0 bridgehead atoms. The van der Waals surface area contributed by atoms with E-state index in [1.165, 1.54) is 18.5 Å². The molecule has 1 aromatic rings. The fourth-order valence-corrected chi connectivity index (χ4v) is 2.87. The minimum absolute atomic E-state index is 0.567. The highest BCUT2D eigenvalue weighted by Gasteiger charge is 2.24. The van der Waals surface area contributed by atoms with E-state index in [0.29, 0.717) is 12.1 Å². The van der Waals surface area contributed by atoms with Crippen LogP contribution < -0.4 is 10.2 Å². The zero-order valence-electron chi connectivity index (χ0n) is 10.6. The first kappa shape index (κ1) is 12.9. The number of hydrogen-bond acceptors (Lipinski definition) is 2. The third-order valence-corrected chi connectivity index (χ3v) is 3.92. The fourth-order valence-electron chi connectivity index (χ4n) is 2.49. The minimum atomic E-state index is 0.567. The molecular formula is C14H21BrN2. The van der Waals surface area contributed by atoms with Crippen molar-refractivity contribution < 1.29 is 0 Å². The van der Waals surface area contributed by atoms with Crippen LogP contribution in [0.2, 0.25) is 0 Å². The van der Waals surface area contributed by atoms with Crippen LogP contribution in [0.1, 0.15) is 26.7 Å². The second kappa shape index (κ2) is 5.87. The number of benzene rings is 1. The van der Waals surface area contributed by atoms with Crippen molar-refractivity contribution in [2.24, 2.45) is 0 Å². The maximum atomic E-state index is 3.63. The predicted molar refractivity (Wildman–Crippen MR) is 77.6 cm³/mol.